The predicted molar refractivity (Wildman–Crippen MR) is 94.9 cm³/mol. The number of benzene rings is 1. The lowest BCUT2D eigenvalue weighted by molar-refractivity contribution is -0.385. The maximum atomic E-state index is 12.3. The van der Waals surface area contributed by atoms with Crippen LogP contribution in [0.1, 0.15) is 31.9 Å². The Morgan fingerprint density at radius 2 is 2.20 bits per heavy atom. The first-order chi connectivity index (χ1) is 11.8. The van der Waals surface area contributed by atoms with Crippen LogP contribution in [-0.2, 0) is 9.53 Å². The summed E-state index contributed by atoms with van der Waals surface area (Å²) < 4.78 is 4.88. The number of phenols is 1. The summed E-state index contributed by atoms with van der Waals surface area (Å²) in [5.41, 5.74) is 0.952. The Morgan fingerprint density at radius 3 is 2.76 bits per heavy atom. The van der Waals surface area contributed by atoms with Crippen LogP contribution in [0, 0.1) is 10.1 Å². The van der Waals surface area contributed by atoms with Gasteiger partial charge >= 0.3 is 11.7 Å². The number of methoxy groups -OCH3 is 1. The average Bonchev–Trinajstić information content (AvgIpc) is 2.57. The molecule has 8 nitrogen and oxygen atoms in total. The molecule has 134 valence electrons. The molecule has 2 rings (SSSR count). The van der Waals surface area contributed by atoms with E-state index >= 15 is 0 Å². The van der Waals surface area contributed by atoms with Crippen molar-refractivity contribution in [3.63, 3.8) is 0 Å². The molecule has 0 saturated carbocycles. The van der Waals surface area contributed by atoms with Crippen LogP contribution in [0.15, 0.2) is 29.5 Å². The van der Waals surface area contributed by atoms with Crippen LogP contribution in [-0.4, -0.2) is 39.7 Å². The third-order valence-corrected chi connectivity index (χ3v) is 4.32. The largest absolute Gasteiger partial charge is 0.502 e. The monoisotopic (exact) mass is 365 g/mol. The van der Waals surface area contributed by atoms with Crippen LogP contribution in [0.25, 0.3) is 0 Å². The van der Waals surface area contributed by atoms with E-state index in [9.17, 15) is 20.0 Å². The highest BCUT2D eigenvalue weighted by molar-refractivity contribution is 7.80. The third-order valence-electron chi connectivity index (χ3n) is 3.98. The van der Waals surface area contributed by atoms with Crippen LogP contribution < -0.4 is 5.32 Å². The fourth-order valence-corrected chi connectivity index (χ4v) is 3.11. The van der Waals surface area contributed by atoms with Crippen molar-refractivity contribution in [3.05, 3.63) is 45.1 Å². The summed E-state index contributed by atoms with van der Waals surface area (Å²) in [6.07, 6.45) is 0.822. The number of hydrogen-bond donors (Lipinski definition) is 2. The van der Waals surface area contributed by atoms with Gasteiger partial charge in [0, 0.05) is 18.3 Å². The lowest BCUT2D eigenvalue weighted by Gasteiger charge is -2.37. The summed E-state index contributed by atoms with van der Waals surface area (Å²) in [6.45, 7) is 4.38. The van der Waals surface area contributed by atoms with Crippen molar-refractivity contribution in [2.24, 2.45) is 0 Å². The Hall–Kier alpha value is -2.68. The topological polar surface area (TPSA) is 105 Å². The van der Waals surface area contributed by atoms with Crippen molar-refractivity contribution in [2.75, 3.05) is 13.7 Å². The number of thiocarbonyl (C=S) groups is 1. The number of nitro benzene ring substituents is 1. The molecule has 0 radical (unpaired) electrons. The van der Waals surface area contributed by atoms with Crippen LogP contribution >= 0.6 is 12.2 Å². The second kappa shape index (κ2) is 7.47. The van der Waals surface area contributed by atoms with Gasteiger partial charge in [0.2, 0.25) is 0 Å². The van der Waals surface area contributed by atoms with E-state index in [0.717, 1.165) is 6.42 Å². The molecular formula is C16H19N3O5S. The van der Waals surface area contributed by atoms with Gasteiger partial charge < -0.3 is 20.1 Å². The predicted octanol–water partition coefficient (Wildman–Crippen LogP) is 2.39. The Labute approximate surface area is 150 Å². The standard InChI is InChI=1S/C16H19N3O5S/c1-4-7-18-9(2)13(15(21)24-3)14(17-16(18)25)10-5-6-12(20)11(8-10)19(22)23/h5-6,8,14,20H,4,7H2,1-3H3,(H,17,25). The molecule has 9 heteroatoms. The Balaban J connectivity index is 2.59. The fourth-order valence-electron chi connectivity index (χ4n) is 2.76. The Kier molecular flexibility index (Phi) is 5.58. The quantitative estimate of drug-likeness (QED) is 0.355. The molecule has 1 unspecified atom stereocenters. The number of nitro groups is 1. The number of carbonyl (C=O) groups is 1. The van der Waals surface area contributed by atoms with E-state index in [1.54, 1.807) is 11.8 Å². The molecular weight excluding hydrogens is 346 g/mol. The molecule has 1 aromatic rings. The molecule has 0 saturated heterocycles. The number of nitrogens with zero attached hydrogens (tertiary/aromatic N) is 2. The number of allylic oxidation sites excluding steroid dienone is 1. The van der Waals surface area contributed by atoms with Crippen molar-refractivity contribution < 1.29 is 19.6 Å². The number of aromatic hydroxyl groups is 1. The number of rotatable bonds is 5. The maximum absolute atomic E-state index is 12.3. The molecule has 0 amide bonds. The van der Waals surface area contributed by atoms with Gasteiger partial charge in [-0.05, 0) is 37.2 Å². The van der Waals surface area contributed by atoms with Gasteiger partial charge in [-0.15, -0.1) is 0 Å². The van der Waals surface area contributed by atoms with Gasteiger partial charge in [-0.25, -0.2) is 4.79 Å². The first-order valence-electron chi connectivity index (χ1n) is 7.66. The summed E-state index contributed by atoms with van der Waals surface area (Å²) in [4.78, 5) is 24.5. The van der Waals surface area contributed by atoms with E-state index in [4.69, 9.17) is 17.0 Å². The van der Waals surface area contributed by atoms with Crippen molar-refractivity contribution in [1.29, 1.82) is 0 Å². The van der Waals surface area contributed by atoms with E-state index in [0.29, 0.717) is 28.5 Å². The molecule has 1 atom stereocenters. The van der Waals surface area contributed by atoms with Gasteiger partial charge in [0.15, 0.2) is 10.9 Å². The smallest absolute Gasteiger partial charge is 0.337 e. The minimum atomic E-state index is -0.702. The van der Waals surface area contributed by atoms with Gasteiger partial charge in [-0.1, -0.05) is 13.0 Å². The number of esters is 1. The van der Waals surface area contributed by atoms with E-state index in [-0.39, 0.29) is 0 Å². The summed E-state index contributed by atoms with van der Waals surface area (Å²) >= 11 is 5.38. The maximum Gasteiger partial charge on any atom is 0.337 e. The summed E-state index contributed by atoms with van der Waals surface area (Å²) in [6, 6.07) is 3.25. The highest BCUT2D eigenvalue weighted by atomic mass is 32.1. The number of nitrogens with one attached hydrogen (secondary N) is 1. The zero-order valence-electron chi connectivity index (χ0n) is 14.1. The number of phenolic OH excluding ortho intramolecular Hbond substituents is 1. The Morgan fingerprint density at radius 1 is 1.52 bits per heavy atom. The van der Waals surface area contributed by atoms with E-state index < -0.39 is 28.4 Å². The molecule has 0 fully saturated rings. The molecule has 1 aromatic carbocycles. The average molecular weight is 365 g/mol. The molecule has 1 aliphatic heterocycles. The third kappa shape index (κ3) is 3.55. The van der Waals surface area contributed by atoms with Crippen LogP contribution in [0.3, 0.4) is 0 Å². The van der Waals surface area contributed by atoms with Gasteiger partial charge in [-0.3, -0.25) is 10.1 Å². The molecule has 0 aromatic heterocycles. The van der Waals surface area contributed by atoms with Gasteiger partial charge in [0.05, 0.1) is 23.6 Å². The molecule has 0 bridgehead atoms. The molecule has 1 aliphatic rings. The number of hydrogen-bond acceptors (Lipinski definition) is 6. The lowest BCUT2D eigenvalue weighted by Crippen LogP contribution is -2.48. The molecule has 1 heterocycles. The second-order valence-electron chi connectivity index (χ2n) is 5.53. The first kappa shape index (κ1) is 18.7. The van der Waals surface area contributed by atoms with Crippen molar-refractivity contribution in [2.45, 2.75) is 26.3 Å². The normalized spacial score (nSPS) is 17.3. The number of carbonyl (C=O) groups excluding carboxylic acids is 1. The molecule has 25 heavy (non-hydrogen) atoms. The van der Waals surface area contributed by atoms with Gasteiger partial charge in [0.25, 0.3) is 0 Å². The molecule has 0 spiro atoms. The van der Waals surface area contributed by atoms with Crippen molar-refractivity contribution in [3.8, 4) is 5.75 Å². The second-order valence-corrected chi connectivity index (χ2v) is 5.92. The van der Waals surface area contributed by atoms with E-state index in [1.165, 1.54) is 25.3 Å². The van der Waals surface area contributed by atoms with Gasteiger partial charge in [0.1, 0.15) is 0 Å². The summed E-state index contributed by atoms with van der Waals surface area (Å²) in [7, 11) is 1.27. The summed E-state index contributed by atoms with van der Waals surface area (Å²) in [5, 5.41) is 24.2. The van der Waals surface area contributed by atoms with Crippen molar-refractivity contribution >= 4 is 29.0 Å². The van der Waals surface area contributed by atoms with Crippen LogP contribution in [0.2, 0.25) is 0 Å². The Bertz CT molecular complexity index is 762. The number of ether oxygens (including phenoxy) is 1. The minimum Gasteiger partial charge on any atom is -0.502 e. The lowest BCUT2D eigenvalue weighted by atomic mass is 9.94. The summed E-state index contributed by atoms with van der Waals surface area (Å²) in [5.74, 6) is -0.991. The van der Waals surface area contributed by atoms with Crippen LogP contribution in [0.5, 0.6) is 5.75 Å². The van der Waals surface area contributed by atoms with Crippen molar-refractivity contribution in [1.82, 2.24) is 10.2 Å². The first-order valence-corrected chi connectivity index (χ1v) is 8.07. The van der Waals surface area contributed by atoms with E-state index in [2.05, 4.69) is 5.32 Å². The van der Waals surface area contributed by atoms with Gasteiger partial charge in [-0.2, -0.15) is 0 Å². The SMILES string of the molecule is CCCN1C(=S)NC(c2ccc(O)c([N+](=O)[O-])c2)C(C(=O)OC)=C1C. The highest BCUT2D eigenvalue weighted by Gasteiger charge is 2.35. The fraction of sp³-hybridized carbons (Fsp3) is 0.375. The van der Waals surface area contributed by atoms with Crippen LogP contribution in [0.4, 0.5) is 5.69 Å². The van der Waals surface area contributed by atoms with E-state index in [1.807, 2.05) is 6.92 Å². The molecule has 0 aliphatic carbocycles. The molecule has 2 N–H and O–H groups in total. The zero-order chi connectivity index (χ0) is 18.7. The highest BCUT2D eigenvalue weighted by Crippen LogP contribution is 2.35. The minimum absolute atomic E-state index is 0.324. The zero-order valence-corrected chi connectivity index (χ0v) is 14.9.